The normalized spacial score (nSPS) is 22.1. The van der Waals surface area contributed by atoms with Crippen LogP contribution in [0.1, 0.15) is 20.8 Å². The highest BCUT2D eigenvalue weighted by Gasteiger charge is 2.46. The molecule has 1 aliphatic rings. The van der Waals surface area contributed by atoms with Crippen molar-refractivity contribution in [2.75, 3.05) is 6.61 Å². The molecule has 23 heavy (non-hydrogen) atoms. The largest absolute Gasteiger partial charge is 0.508 e. The average Bonchev–Trinajstić information content (AvgIpc) is 2.33. The summed E-state index contributed by atoms with van der Waals surface area (Å²) >= 11 is 24.6. The van der Waals surface area contributed by atoms with Crippen LogP contribution in [0.5, 0.6) is 0 Å². The van der Waals surface area contributed by atoms with Gasteiger partial charge in [-0.25, -0.2) is 4.79 Å². The first kappa shape index (κ1) is 21.4. The standard InChI is InChI=1S/C12H16Cl3NO4S3/c1-5(2)22-11(21)23-9-7(8(17)16-9)6(3)20-10(18)19-4-12(13,14)15/h5-7,9H,4H2,1-3H3,(H,16,17)/t6?,7-,9+/m0/s1. The maximum atomic E-state index is 11.7. The molecule has 0 aromatic heterocycles. The lowest BCUT2D eigenvalue weighted by Crippen LogP contribution is -2.61. The highest BCUT2D eigenvalue weighted by atomic mass is 35.6. The molecule has 1 heterocycles. The smallest absolute Gasteiger partial charge is 0.430 e. The van der Waals surface area contributed by atoms with Crippen molar-refractivity contribution in [2.45, 2.75) is 41.3 Å². The Labute approximate surface area is 163 Å². The van der Waals surface area contributed by atoms with Gasteiger partial charge in [0.05, 0.1) is 5.37 Å². The van der Waals surface area contributed by atoms with Gasteiger partial charge in [-0.3, -0.25) is 4.79 Å². The topological polar surface area (TPSA) is 64.6 Å². The molecule has 1 saturated heterocycles. The number of carbonyl (C=O) groups excluding carboxylic acids is 2. The summed E-state index contributed by atoms with van der Waals surface area (Å²) in [6.07, 6.45) is -1.68. The molecule has 1 rings (SSSR count). The average molecular weight is 441 g/mol. The predicted octanol–water partition coefficient (Wildman–Crippen LogP) is 4.13. The van der Waals surface area contributed by atoms with Crippen LogP contribution in [0.25, 0.3) is 0 Å². The molecule has 5 nitrogen and oxygen atoms in total. The zero-order valence-electron chi connectivity index (χ0n) is 12.5. The number of ether oxygens (including phenoxy) is 2. The summed E-state index contributed by atoms with van der Waals surface area (Å²) < 4.78 is 8.74. The third-order valence-electron chi connectivity index (χ3n) is 2.61. The lowest BCUT2D eigenvalue weighted by Gasteiger charge is -2.38. The van der Waals surface area contributed by atoms with Gasteiger partial charge in [0.1, 0.15) is 22.2 Å². The van der Waals surface area contributed by atoms with E-state index in [0.717, 1.165) is 3.53 Å². The molecule has 1 aliphatic heterocycles. The van der Waals surface area contributed by atoms with E-state index in [2.05, 4.69) is 10.1 Å². The Hall–Kier alpha value is 0.400. The van der Waals surface area contributed by atoms with Crippen LogP contribution in [-0.4, -0.2) is 42.7 Å². The van der Waals surface area contributed by atoms with E-state index in [1.807, 2.05) is 13.8 Å². The SMILES string of the molecule is CC(C)SC(=S)S[C@H]1NC(=O)[C@@H]1C(C)OC(=O)OCC(Cl)(Cl)Cl. The van der Waals surface area contributed by atoms with E-state index >= 15 is 0 Å². The van der Waals surface area contributed by atoms with E-state index < -0.39 is 28.6 Å². The molecule has 1 amide bonds. The van der Waals surface area contributed by atoms with Gasteiger partial charge < -0.3 is 14.8 Å². The molecule has 0 spiro atoms. The van der Waals surface area contributed by atoms with E-state index in [1.165, 1.54) is 23.5 Å². The summed E-state index contributed by atoms with van der Waals surface area (Å²) in [6, 6.07) is 0. The first-order chi connectivity index (χ1) is 10.5. The van der Waals surface area contributed by atoms with Crippen molar-refractivity contribution in [2.24, 2.45) is 5.92 Å². The number of amides is 1. The number of carbonyl (C=O) groups is 2. The molecule has 11 heteroatoms. The zero-order chi connectivity index (χ0) is 17.8. The van der Waals surface area contributed by atoms with Gasteiger partial charge in [-0.15, -0.1) is 11.8 Å². The summed E-state index contributed by atoms with van der Waals surface area (Å²) in [5.41, 5.74) is 0. The van der Waals surface area contributed by atoms with Gasteiger partial charge in [0.25, 0.3) is 0 Å². The van der Waals surface area contributed by atoms with Gasteiger partial charge >= 0.3 is 6.16 Å². The second-order valence-corrected chi connectivity index (χ2v) is 11.4. The second kappa shape index (κ2) is 9.20. The maximum absolute atomic E-state index is 11.7. The third-order valence-corrected chi connectivity index (χ3v) is 5.61. The Bertz CT molecular complexity index is 473. The molecular weight excluding hydrogens is 425 g/mol. The van der Waals surface area contributed by atoms with Crippen LogP contribution in [-0.2, 0) is 14.3 Å². The number of β-lactam (4-membered cyclic amide) rings is 1. The van der Waals surface area contributed by atoms with Crippen molar-refractivity contribution in [1.29, 1.82) is 0 Å². The lowest BCUT2D eigenvalue weighted by molar-refractivity contribution is -0.137. The second-order valence-electron chi connectivity index (χ2n) is 4.97. The number of hydrogen-bond acceptors (Lipinski definition) is 7. The van der Waals surface area contributed by atoms with Crippen LogP contribution >= 0.6 is 70.5 Å². The van der Waals surface area contributed by atoms with E-state index in [9.17, 15) is 9.59 Å². The minimum absolute atomic E-state index is 0.207. The lowest BCUT2D eigenvalue weighted by atomic mass is 9.96. The molecule has 0 aliphatic carbocycles. The summed E-state index contributed by atoms with van der Waals surface area (Å²) in [6.45, 7) is 5.22. The molecule has 0 bridgehead atoms. The van der Waals surface area contributed by atoms with Crippen LogP contribution in [0.4, 0.5) is 4.79 Å². The first-order valence-corrected chi connectivity index (χ1v) is 9.87. The predicted molar refractivity (Wildman–Crippen MR) is 101 cm³/mol. The van der Waals surface area contributed by atoms with E-state index in [0.29, 0.717) is 5.25 Å². The van der Waals surface area contributed by atoms with E-state index in [4.69, 9.17) is 51.8 Å². The molecule has 0 radical (unpaired) electrons. The molecule has 1 N–H and O–H groups in total. The summed E-state index contributed by atoms with van der Waals surface area (Å²) in [5.74, 6) is -0.715. The molecule has 1 fully saturated rings. The number of hydrogen-bond donors (Lipinski definition) is 1. The summed E-state index contributed by atoms with van der Waals surface area (Å²) in [5, 5.41) is 2.85. The van der Waals surface area contributed by atoms with Crippen LogP contribution in [0.3, 0.4) is 0 Å². The third kappa shape index (κ3) is 7.88. The highest BCUT2D eigenvalue weighted by molar-refractivity contribution is 8.47. The van der Waals surface area contributed by atoms with Crippen LogP contribution < -0.4 is 5.32 Å². The first-order valence-electron chi connectivity index (χ1n) is 6.57. The Morgan fingerprint density at radius 2 is 2.00 bits per heavy atom. The number of rotatable bonds is 5. The maximum Gasteiger partial charge on any atom is 0.508 e. The number of thiocarbonyl (C=S) groups is 1. The Morgan fingerprint density at radius 1 is 1.39 bits per heavy atom. The van der Waals surface area contributed by atoms with Gasteiger partial charge in [-0.2, -0.15) is 0 Å². The summed E-state index contributed by atoms with van der Waals surface area (Å²) in [7, 11) is 0. The Morgan fingerprint density at radius 3 is 2.48 bits per heavy atom. The Balaban J connectivity index is 2.47. The van der Waals surface area contributed by atoms with Gasteiger partial charge in [-0.05, 0) is 6.92 Å². The molecule has 0 aromatic carbocycles. The Kier molecular flexibility index (Phi) is 8.57. The van der Waals surface area contributed by atoms with Crippen molar-refractivity contribution in [3.8, 4) is 0 Å². The van der Waals surface area contributed by atoms with Crippen LogP contribution in [0.2, 0.25) is 0 Å². The van der Waals surface area contributed by atoms with Gasteiger partial charge in [-0.1, -0.05) is 72.6 Å². The minimum atomic E-state index is -1.71. The quantitative estimate of drug-likeness (QED) is 0.298. The number of halogens is 3. The van der Waals surface area contributed by atoms with E-state index in [-0.39, 0.29) is 11.3 Å². The number of thioether (sulfide) groups is 2. The number of alkyl halides is 3. The molecule has 3 atom stereocenters. The highest BCUT2D eigenvalue weighted by Crippen LogP contribution is 2.35. The van der Waals surface area contributed by atoms with Crippen molar-refractivity contribution in [3.63, 3.8) is 0 Å². The van der Waals surface area contributed by atoms with Crippen molar-refractivity contribution in [1.82, 2.24) is 5.32 Å². The fraction of sp³-hybridized carbons (Fsp3) is 0.750. The van der Waals surface area contributed by atoms with Crippen LogP contribution in [0.15, 0.2) is 0 Å². The summed E-state index contributed by atoms with van der Waals surface area (Å²) in [4.78, 5) is 23.3. The molecule has 1 unspecified atom stereocenters. The number of nitrogens with one attached hydrogen (secondary N) is 1. The molecule has 132 valence electrons. The van der Waals surface area contributed by atoms with Gasteiger partial charge in [0.2, 0.25) is 9.70 Å². The monoisotopic (exact) mass is 439 g/mol. The fourth-order valence-electron chi connectivity index (χ4n) is 1.65. The van der Waals surface area contributed by atoms with Gasteiger partial charge in [0.15, 0.2) is 0 Å². The van der Waals surface area contributed by atoms with Crippen LogP contribution in [0, 0.1) is 5.92 Å². The van der Waals surface area contributed by atoms with Crippen molar-refractivity contribution in [3.05, 3.63) is 0 Å². The van der Waals surface area contributed by atoms with Gasteiger partial charge in [0, 0.05) is 5.25 Å². The molecule has 0 saturated carbocycles. The minimum Gasteiger partial charge on any atom is -0.430 e. The van der Waals surface area contributed by atoms with Crippen molar-refractivity contribution >= 4 is 86.1 Å². The van der Waals surface area contributed by atoms with Crippen molar-refractivity contribution < 1.29 is 19.1 Å². The molecule has 0 aromatic rings. The fourth-order valence-corrected chi connectivity index (χ4v) is 5.07. The molecular formula is C12H16Cl3NO4S3. The van der Waals surface area contributed by atoms with E-state index in [1.54, 1.807) is 6.92 Å². The zero-order valence-corrected chi connectivity index (χ0v) is 17.2.